The maximum atomic E-state index is 12.6. The summed E-state index contributed by atoms with van der Waals surface area (Å²) >= 11 is 2.12. The van der Waals surface area contributed by atoms with E-state index in [2.05, 4.69) is 22.6 Å². The number of nitrogens with zero attached hydrogens (tertiary/aromatic N) is 1. The predicted molar refractivity (Wildman–Crippen MR) is 87.7 cm³/mol. The Kier molecular flexibility index (Phi) is 4.54. The zero-order valence-electron chi connectivity index (χ0n) is 11.1. The molecule has 0 fully saturated rings. The summed E-state index contributed by atoms with van der Waals surface area (Å²) < 4.78 is 32.3. The summed E-state index contributed by atoms with van der Waals surface area (Å²) in [5, 5.41) is 0. The van der Waals surface area contributed by atoms with Crippen molar-refractivity contribution in [2.24, 2.45) is 0 Å². The van der Waals surface area contributed by atoms with Gasteiger partial charge in [-0.15, -0.1) is 0 Å². The molecule has 0 heterocycles. The summed E-state index contributed by atoms with van der Waals surface area (Å²) in [7, 11) is -0.470. The second-order valence-electron chi connectivity index (χ2n) is 4.10. The molecule has 20 heavy (non-hydrogen) atoms. The van der Waals surface area contributed by atoms with E-state index < -0.39 is 10.0 Å². The third kappa shape index (κ3) is 2.90. The molecule has 0 saturated heterocycles. The second kappa shape index (κ2) is 6.01. The number of halogens is 1. The van der Waals surface area contributed by atoms with E-state index >= 15 is 0 Å². The first kappa shape index (κ1) is 15.1. The van der Waals surface area contributed by atoms with E-state index in [4.69, 9.17) is 4.74 Å². The molecule has 0 bridgehead atoms. The number of methoxy groups -OCH3 is 1. The van der Waals surface area contributed by atoms with Gasteiger partial charge in [0, 0.05) is 10.6 Å². The Balaban J connectivity index is 2.41. The van der Waals surface area contributed by atoms with Crippen LogP contribution in [-0.4, -0.2) is 22.6 Å². The molecule has 106 valence electrons. The summed E-state index contributed by atoms with van der Waals surface area (Å²) in [6, 6.07) is 13.7. The van der Waals surface area contributed by atoms with E-state index in [0.29, 0.717) is 11.4 Å². The smallest absolute Gasteiger partial charge is 0.264 e. The summed E-state index contributed by atoms with van der Waals surface area (Å²) in [4.78, 5) is 0.237. The van der Waals surface area contributed by atoms with Gasteiger partial charge < -0.3 is 4.74 Å². The highest BCUT2D eigenvalue weighted by molar-refractivity contribution is 14.1. The van der Waals surface area contributed by atoms with E-state index in [1.165, 1.54) is 4.31 Å². The molecule has 0 aromatic heterocycles. The van der Waals surface area contributed by atoms with E-state index in [1.807, 2.05) is 18.2 Å². The minimum Gasteiger partial charge on any atom is -0.497 e. The highest BCUT2D eigenvalue weighted by atomic mass is 127. The fourth-order valence-electron chi connectivity index (χ4n) is 1.74. The van der Waals surface area contributed by atoms with Gasteiger partial charge in [0.1, 0.15) is 5.75 Å². The van der Waals surface area contributed by atoms with Crippen molar-refractivity contribution in [2.45, 2.75) is 4.90 Å². The standard InChI is InChI=1S/C14H14INO3S/c1-16(14-6-4-3-5-13(14)15)20(17,18)12-9-7-11(19-2)8-10-12/h3-10H,1-2H3. The Hall–Kier alpha value is -1.28. The van der Waals surface area contributed by atoms with Gasteiger partial charge in [-0.1, -0.05) is 12.1 Å². The van der Waals surface area contributed by atoms with Crippen LogP contribution in [0, 0.1) is 3.57 Å². The van der Waals surface area contributed by atoms with Crippen LogP contribution in [-0.2, 0) is 10.0 Å². The SMILES string of the molecule is COc1ccc(S(=O)(=O)N(C)c2ccccc2I)cc1. The van der Waals surface area contributed by atoms with Crippen molar-refractivity contribution in [3.05, 3.63) is 52.1 Å². The molecule has 0 N–H and O–H groups in total. The molecular weight excluding hydrogens is 389 g/mol. The van der Waals surface area contributed by atoms with Gasteiger partial charge in [-0.25, -0.2) is 8.42 Å². The lowest BCUT2D eigenvalue weighted by atomic mass is 10.3. The Morgan fingerprint density at radius 1 is 1.05 bits per heavy atom. The van der Waals surface area contributed by atoms with Crippen molar-refractivity contribution >= 4 is 38.3 Å². The van der Waals surface area contributed by atoms with Crippen molar-refractivity contribution in [1.29, 1.82) is 0 Å². The highest BCUT2D eigenvalue weighted by Gasteiger charge is 2.22. The zero-order valence-corrected chi connectivity index (χ0v) is 14.1. The zero-order chi connectivity index (χ0) is 14.8. The molecule has 0 radical (unpaired) electrons. The van der Waals surface area contributed by atoms with Gasteiger partial charge in [0.15, 0.2) is 0 Å². The van der Waals surface area contributed by atoms with Gasteiger partial charge in [-0.05, 0) is 59.0 Å². The lowest BCUT2D eigenvalue weighted by Gasteiger charge is -2.20. The molecular formula is C14H14INO3S. The third-order valence-corrected chi connectivity index (χ3v) is 5.61. The summed E-state index contributed by atoms with van der Waals surface area (Å²) in [5.74, 6) is 0.626. The number of benzene rings is 2. The van der Waals surface area contributed by atoms with E-state index in [-0.39, 0.29) is 4.90 Å². The summed E-state index contributed by atoms with van der Waals surface area (Å²) in [5.41, 5.74) is 0.656. The lowest BCUT2D eigenvalue weighted by molar-refractivity contribution is 0.414. The topological polar surface area (TPSA) is 46.6 Å². The molecule has 2 aromatic rings. The van der Waals surface area contributed by atoms with Crippen molar-refractivity contribution in [3.63, 3.8) is 0 Å². The first-order valence-corrected chi connectivity index (χ1v) is 8.36. The molecule has 0 aliphatic heterocycles. The van der Waals surface area contributed by atoms with E-state index in [9.17, 15) is 8.42 Å². The van der Waals surface area contributed by atoms with Crippen LogP contribution in [0.3, 0.4) is 0 Å². The summed E-state index contributed by atoms with van der Waals surface area (Å²) in [6.07, 6.45) is 0. The number of anilines is 1. The van der Waals surface area contributed by atoms with Gasteiger partial charge in [0.2, 0.25) is 0 Å². The minimum absolute atomic E-state index is 0.237. The van der Waals surface area contributed by atoms with Crippen LogP contribution in [0.1, 0.15) is 0 Å². The van der Waals surface area contributed by atoms with Crippen molar-refractivity contribution in [1.82, 2.24) is 0 Å². The molecule has 0 unspecified atom stereocenters. The monoisotopic (exact) mass is 403 g/mol. The van der Waals surface area contributed by atoms with Gasteiger partial charge in [0.05, 0.1) is 17.7 Å². The summed E-state index contributed by atoms with van der Waals surface area (Å²) in [6.45, 7) is 0. The van der Waals surface area contributed by atoms with Crippen molar-refractivity contribution in [3.8, 4) is 5.75 Å². The van der Waals surface area contributed by atoms with Crippen LogP contribution in [0.4, 0.5) is 5.69 Å². The average Bonchev–Trinajstić information content (AvgIpc) is 2.47. The van der Waals surface area contributed by atoms with Gasteiger partial charge >= 0.3 is 0 Å². The largest absolute Gasteiger partial charge is 0.497 e. The van der Waals surface area contributed by atoms with Crippen LogP contribution in [0.5, 0.6) is 5.75 Å². The highest BCUT2D eigenvalue weighted by Crippen LogP contribution is 2.27. The molecule has 0 amide bonds. The molecule has 4 nitrogen and oxygen atoms in total. The molecule has 0 spiro atoms. The van der Waals surface area contributed by atoms with Crippen LogP contribution in [0.2, 0.25) is 0 Å². The van der Waals surface area contributed by atoms with Crippen LogP contribution in [0.25, 0.3) is 0 Å². The number of ether oxygens (including phenoxy) is 1. The fourth-order valence-corrected chi connectivity index (χ4v) is 3.87. The number of rotatable bonds is 4. The molecule has 0 atom stereocenters. The number of para-hydroxylation sites is 1. The Morgan fingerprint density at radius 2 is 1.65 bits per heavy atom. The Bertz CT molecular complexity index is 699. The third-order valence-electron chi connectivity index (χ3n) is 2.91. The minimum atomic E-state index is -3.57. The van der Waals surface area contributed by atoms with Gasteiger partial charge in [0.25, 0.3) is 10.0 Å². The van der Waals surface area contributed by atoms with Gasteiger partial charge in [-0.2, -0.15) is 0 Å². The fraction of sp³-hybridized carbons (Fsp3) is 0.143. The lowest BCUT2D eigenvalue weighted by Crippen LogP contribution is -2.27. The van der Waals surface area contributed by atoms with Crippen molar-refractivity contribution in [2.75, 3.05) is 18.5 Å². The van der Waals surface area contributed by atoms with E-state index in [1.54, 1.807) is 44.5 Å². The number of sulfonamides is 1. The second-order valence-corrected chi connectivity index (χ2v) is 7.23. The molecule has 2 rings (SSSR count). The molecule has 0 saturated carbocycles. The first-order valence-electron chi connectivity index (χ1n) is 5.84. The average molecular weight is 403 g/mol. The molecule has 0 aliphatic rings. The van der Waals surface area contributed by atoms with Crippen LogP contribution < -0.4 is 9.04 Å². The maximum absolute atomic E-state index is 12.6. The normalized spacial score (nSPS) is 11.2. The first-order chi connectivity index (χ1) is 9.46. The molecule has 6 heteroatoms. The van der Waals surface area contributed by atoms with Gasteiger partial charge in [-0.3, -0.25) is 4.31 Å². The van der Waals surface area contributed by atoms with E-state index in [0.717, 1.165) is 3.57 Å². The van der Waals surface area contributed by atoms with Crippen LogP contribution in [0.15, 0.2) is 53.4 Å². The molecule has 2 aromatic carbocycles. The van der Waals surface area contributed by atoms with Crippen LogP contribution >= 0.6 is 22.6 Å². The predicted octanol–water partition coefficient (Wildman–Crippen LogP) is 3.12. The maximum Gasteiger partial charge on any atom is 0.264 e. The Morgan fingerprint density at radius 3 is 2.20 bits per heavy atom. The quantitative estimate of drug-likeness (QED) is 0.738. The van der Waals surface area contributed by atoms with Crippen molar-refractivity contribution < 1.29 is 13.2 Å². The number of hydrogen-bond acceptors (Lipinski definition) is 3. The Labute approximate surface area is 132 Å². The molecule has 0 aliphatic carbocycles. The number of hydrogen-bond donors (Lipinski definition) is 0.